The van der Waals surface area contributed by atoms with E-state index in [1.165, 1.54) is 0 Å². The van der Waals surface area contributed by atoms with Crippen LogP contribution in [-0.2, 0) is 6.42 Å². The number of nitrogens with one attached hydrogen (secondary N) is 1. The van der Waals surface area contributed by atoms with E-state index < -0.39 is 0 Å². The van der Waals surface area contributed by atoms with E-state index in [0.29, 0.717) is 0 Å². The van der Waals surface area contributed by atoms with Gasteiger partial charge in [-0.3, -0.25) is 0 Å². The fourth-order valence-corrected chi connectivity index (χ4v) is 1.68. The summed E-state index contributed by atoms with van der Waals surface area (Å²) in [6, 6.07) is 0. The third-order valence-electron chi connectivity index (χ3n) is 2.62. The number of rotatable bonds is 3. The van der Waals surface area contributed by atoms with Crippen molar-refractivity contribution in [1.82, 2.24) is 20.6 Å². The summed E-state index contributed by atoms with van der Waals surface area (Å²) in [6.45, 7) is 7.41. The molecule has 1 aromatic rings. The second-order valence-electron chi connectivity index (χ2n) is 3.62. The zero-order valence-corrected chi connectivity index (χ0v) is 8.49. The van der Waals surface area contributed by atoms with Gasteiger partial charge in [0.25, 0.3) is 0 Å². The fourth-order valence-electron chi connectivity index (χ4n) is 1.68. The molecule has 0 saturated carbocycles. The minimum absolute atomic E-state index is 0.847. The molecule has 1 saturated heterocycles. The highest BCUT2D eigenvalue weighted by Crippen LogP contribution is 2.04. The number of aromatic nitrogens is 2. The summed E-state index contributed by atoms with van der Waals surface area (Å²) in [7, 11) is 0. The molecular formula is C9H16N4O. The third kappa shape index (κ3) is 2.30. The molecule has 1 aliphatic rings. The molecule has 14 heavy (non-hydrogen) atoms. The van der Waals surface area contributed by atoms with Crippen LogP contribution in [0.4, 0.5) is 0 Å². The first-order valence-electron chi connectivity index (χ1n) is 5.07. The molecule has 1 N–H and O–H groups in total. The van der Waals surface area contributed by atoms with Gasteiger partial charge in [0.1, 0.15) is 5.69 Å². The maximum Gasteiger partial charge on any atom is 0.157 e. The van der Waals surface area contributed by atoms with Crippen molar-refractivity contribution in [2.75, 3.05) is 32.7 Å². The van der Waals surface area contributed by atoms with Crippen LogP contribution in [0.1, 0.15) is 11.5 Å². The molecule has 78 valence electrons. The zero-order chi connectivity index (χ0) is 9.80. The third-order valence-corrected chi connectivity index (χ3v) is 2.62. The Hall–Kier alpha value is -0.940. The van der Waals surface area contributed by atoms with Crippen LogP contribution in [0.25, 0.3) is 0 Å². The van der Waals surface area contributed by atoms with Crippen LogP contribution in [0.5, 0.6) is 0 Å². The lowest BCUT2D eigenvalue weighted by atomic mass is 10.2. The second kappa shape index (κ2) is 4.52. The van der Waals surface area contributed by atoms with Crippen molar-refractivity contribution >= 4 is 0 Å². The van der Waals surface area contributed by atoms with E-state index in [-0.39, 0.29) is 0 Å². The molecule has 0 aliphatic carbocycles. The first kappa shape index (κ1) is 9.61. The lowest BCUT2D eigenvalue weighted by Crippen LogP contribution is -2.44. The average molecular weight is 196 g/mol. The monoisotopic (exact) mass is 196 g/mol. The largest absolute Gasteiger partial charge is 0.342 e. The number of aryl methyl sites for hydroxylation is 1. The van der Waals surface area contributed by atoms with Gasteiger partial charge in [0.2, 0.25) is 0 Å². The van der Waals surface area contributed by atoms with Gasteiger partial charge in [-0.15, -0.1) is 5.10 Å². The maximum atomic E-state index is 4.91. The summed E-state index contributed by atoms with van der Waals surface area (Å²) >= 11 is 0. The average Bonchev–Trinajstić information content (AvgIpc) is 2.63. The summed E-state index contributed by atoms with van der Waals surface area (Å²) in [6.07, 6.45) is 0.940. The lowest BCUT2D eigenvalue weighted by molar-refractivity contribution is 0.243. The molecule has 5 heteroatoms. The van der Waals surface area contributed by atoms with Crippen molar-refractivity contribution in [2.45, 2.75) is 13.3 Å². The van der Waals surface area contributed by atoms with Gasteiger partial charge in [-0.05, 0) is 6.92 Å². The van der Waals surface area contributed by atoms with Crippen LogP contribution in [0.15, 0.2) is 4.52 Å². The second-order valence-corrected chi connectivity index (χ2v) is 3.62. The number of piperazine rings is 1. The Morgan fingerprint density at radius 2 is 2.21 bits per heavy atom. The van der Waals surface area contributed by atoms with E-state index in [9.17, 15) is 0 Å². The Balaban J connectivity index is 1.79. The van der Waals surface area contributed by atoms with Crippen molar-refractivity contribution in [3.8, 4) is 0 Å². The topological polar surface area (TPSA) is 54.2 Å². The summed E-state index contributed by atoms with van der Waals surface area (Å²) in [5.74, 6) is 0.847. The van der Waals surface area contributed by atoms with Gasteiger partial charge in [0, 0.05) is 44.4 Å². The van der Waals surface area contributed by atoms with E-state index in [4.69, 9.17) is 4.52 Å². The van der Waals surface area contributed by atoms with E-state index in [1.807, 2.05) is 6.92 Å². The molecule has 0 unspecified atom stereocenters. The quantitative estimate of drug-likeness (QED) is 0.727. The molecule has 0 radical (unpaired) electrons. The summed E-state index contributed by atoms with van der Waals surface area (Å²) in [5, 5.41) is 10.8. The van der Waals surface area contributed by atoms with E-state index in [2.05, 4.69) is 20.6 Å². The molecule has 0 spiro atoms. The van der Waals surface area contributed by atoms with Crippen LogP contribution in [-0.4, -0.2) is 48.0 Å². The Morgan fingerprint density at radius 3 is 2.86 bits per heavy atom. The van der Waals surface area contributed by atoms with E-state index in [0.717, 1.165) is 50.6 Å². The number of nitrogens with zero attached hydrogens (tertiary/aromatic N) is 3. The van der Waals surface area contributed by atoms with E-state index in [1.54, 1.807) is 0 Å². The molecule has 1 fully saturated rings. The maximum absolute atomic E-state index is 4.91. The first-order chi connectivity index (χ1) is 6.86. The van der Waals surface area contributed by atoms with Gasteiger partial charge in [0.15, 0.2) is 5.76 Å². The van der Waals surface area contributed by atoms with Crippen molar-refractivity contribution in [3.05, 3.63) is 11.5 Å². The van der Waals surface area contributed by atoms with Crippen LogP contribution >= 0.6 is 0 Å². The molecule has 0 amide bonds. The molecule has 2 rings (SSSR count). The Labute approximate surface area is 83.4 Å². The summed E-state index contributed by atoms with van der Waals surface area (Å²) < 4.78 is 4.91. The highest BCUT2D eigenvalue weighted by Gasteiger charge is 2.11. The predicted octanol–water partition coefficient (Wildman–Crippen LogP) is -0.174. The minimum Gasteiger partial charge on any atom is -0.342 e. The highest BCUT2D eigenvalue weighted by atomic mass is 16.5. The SMILES string of the molecule is Cc1onnc1CCN1CCNCC1. The van der Waals surface area contributed by atoms with Gasteiger partial charge in [-0.1, -0.05) is 0 Å². The highest BCUT2D eigenvalue weighted by molar-refractivity contribution is 5.02. The Bertz CT molecular complexity index is 280. The zero-order valence-electron chi connectivity index (χ0n) is 8.49. The molecule has 0 bridgehead atoms. The Morgan fingerprint density at radius 1 is 1.43 bits per heavy atom. The molecule has 1 aliphatic heterocycles. The standard InChI is InChI=1S/C9H16N4O/c1-8-9(11-12-14-8)2-5-13-6-3-10-4-7-13/h10H,2-7H2,1H3. The fraction of sp³-hybridized carbons (Fsp3) is 0.778. The van der Waals surface area contributed by atoms with Gasteiger partial charge >= 0.3 is 0 Å². The van der Waals surface area contributed by atoms with Crippen molar-refractivity contribution < 1.29 is 4.52 Å². The number of hydrogen-bond donors (Lipinski definition) is 1. The number of hydrogen-bond acceptors (Lipinski definition) is 5. The Kier molecular flexibility index (Phi) is 3.10. The van der Waals surface area contributed by atoms with Gasteiger partial charge in [-0.25, -0.2) is 0 Å². The molecule has 2 heterocycles. The van der Waals surface area contributed by atoms with Gasteiger partial charge in [-0.2, -0.15) is 0 Å². The van der Waals surface area contributed by atoms with Crippen LogP contribution < -0.4 is 5.32 Å². The molecule has 0 atom stereocenters. The van der Waals surface area contributed by atoms with Crippen molar-refractivity contribution in [2.24, 2.45) is 0 Å². The van der Waals surface area contributed by atoms with Crippen LogP contribution in [0.2, 0.25) is 0 Å². The normalized spacial score (nSPS) is 18.6. The summed E-state index contributed by atoms with van der Waals surface area (Å²) in [5.41, 5.74) is 0.989. The van der Waals surface area contributed by atoms with Crippen molar-refractivity contribution in [1.29, 1.82) is 0 Å². The van der Waals surface area contributed by atoms with Crippen molar-refractivity contribution in [3.63, 3.8) is 0 Å². The molecular weight excluding hydrogens is 180 g/mol. The van der Waals surface area contributed by atoms with Gasteiger partial charge < -0.3 is 14.7 Å². The lowest BCUT2D eigenvalue weighted by Gasteiger charge is -2.26. The minimum atomic E-state index is 0.847. The van der Waals surface area contributed by atoms with E-state index >= 15 is 0 Å². The molecule has 1 aromatic heterocycles. The molecule has 0 aromatic carbocycles. The van der Waals surface area contributed by atoms with Crippen LogP contribution in [0.3, 0.4) is 0 Å². The predicted molar refractivity (Wildman–Crippen MR) is 52.0 cm³/mol. The van der Waals surface area contributed by atoms with Gasteiger partial charge in [0.05, 0.1) is 0 Å². The van der Waals surface area contributed by atoms with Crippen LogP contribution in [0, 0.1) is 6.92 Å². The smallest absolute Gasteiger partial charge is 0.157 e. The summed E-state index contributed by atoms with van der Waals surface area (Å²) in [4.78, 5) is 2.44. The molecule has 5 nitrogen and oxygen atoms in total. The first-order valence-corrected chi connectivity index (χ1v) is 5.07.